The van der Waals surface area contributed by atoms with Gasteiger partial charge in [0.1, 0.15) is 0 Å². The Kier molecular flexibility index (Phi) is 3.10. The van der Waals surface area contributed by atoms with Gasteiger partial charge in [-0.25, -0.2) is 0 Å². The van der Waals surface area contributed by atoms with Gasteiger partial charge in [0.2, 0.25) is 0 Å². The Balaban J connectivity index is 1.92. The number of ether oxygens (including phenoxy) is 1. The molecule has 0 aromatic carbocycles. The molecule has 0 radical (unpaired) electrons. The van der Waals surface area contributed by atoms with Crippen LogP contribution in [0.4, 0.5) is 0 Å². The van der Waals surface area contributed by atoms with E-state index in [1.165, 1.54) is 11.5 Å². The minimum absolute atomic E-state index is 0.0308. The Labute approximate surface area is 87.1 Å². The molecule has 1 aromatic heterocycles. The first-order valence-corrected chi connectivity index (χ1v) is 5.66. The summed E-state index contributed by atoms with van der Waals surface area (Å²) < 4.78 is 9.24. The summed E-state index contributed by atoms with van der Waals surface area (Å²) in [5.74, 6) is 0.441. The molecule has 5 heteroatoms. The molecule has 0 spiro atoms. The lowest BCUT2D eigenvalue weighted by Gasteiger charge is -2.20. The van der Waals surface area contributed by atoms with Crippen molar-refractivity contribution in [1.29, 1.82) is 0 Å². The molecule has 78 valence electrons. The predicted molar refractivity (Wildman–Crippen MR) is 53.1 cm³/mol. The molecule has 2 rings (SSSR count). The largest absolute Gasteiger partial charge is 0.390 e. The maximum atomic E-state index is 9.90. The third kappa shape index (κ3) is 2.10. The summed E-state index contributed by atoms with van der Waals surface area (Å²) in [6, 6.07) is 0. The Morgan fingerprint density at radius 2 is 2.64 bits per heavy atom. The van der Waals surface area contributed by atoms with Crippen LogP contribution < -0.4 is 0 Å². The van der Waals surface area contributed by atoms with Gasteiger partial charge in [-0.05, 0) is 23.9 Å². The van der Waals surface area contributed by atoms with Gasteiger partial charge in [-0.15, -0.1) is 5.10 Å². The number of aromatic nitrogens is 2. The highest BCUT2D eigenvalue weighted by atomic mass is 32.1. The van der Waals surface area contributed by atoms with Crippen LogP contribution in [0, 0.1) is 5.92 Å². The quantitative estimate of drug-likeness (QED) is 0.811. The summed E-state index contributed by atoms with van der Waals surface area (Å²) in [4.78, 5) is 0. The van der Waals surface area contributed by atoms with E-state index in [2.05, 4.69) is 16.5 Å². The van der Waals surface area contributed by atoms with E-state index < -0.39 is 6.10 Å². The van der Waals surface area contributed by atoms with Crippen molar-refractivity contribution in [1.82, 2.24) is 9.59 Å². The zero-order valence-electron chi connectivity index (χ0n) is 8.09. The van der Waals surface area contributed by atoms with Crippen LogP contribution in [0.25, 0.3) is 0 Å². The normalized spacial score (nSPS) is 29.3. The zero-order chi connectivity index (χ0) is 9.97. The van der Waals surface area contributed by atoms with Gasteiger partial charge in [0.15, 0.2) is 0 Å². The van der Waals surface area contributed by atoms with Crippen LogP contribution in [-0.4, -0.2) is 33.5 Å². The Hall–Kier alpha value is -0.520. The van der Waals surface area contributed by atoms with E-state index in [1.807, 2.05) is 5.38 Å². The van der Waals surface area contributed by atoms with Crippen molar-refractivity contribution in [2.75, 3.05) is 6.61 Å². The molecule has 1 aromatic rings. The number of hydrogen-bond acceptors (Lipinski definition) is 5. The molecule has 1 aliphatic rings. The second kappa shape index (κ2) is 4.33. The first-order valence-electron chi connectivity index (χ1n) is 4.83. The summed E-state index contributed by atoms with van der Waals surface area (Å²) in [7, 11) is 0. The van der Waals surface area contributed by atoms with Gasteiger partial charge in [-0.1, -0.05) is 11.4 Å². The number of nitrogens with zero attached hydrogens (tertiary/aromatic N) is 2. The standard InChI is InChI=1S/C9H14N2O2S/c1-6-2-3-13-9(6)8(12)4-7-5-14-11-10-7/h5-6,8-9,12H,2-4H2,1H3. The molecule has 4 nitrogen and oxygen atoms in total. The molecule has 0 amide bonds. The molecule has 1 aliphatic heterocycles. The van der Waals surface area contributed by atoms with Crippen LogP contribution in [0.5, 0.6) is 0 Å². The van der Waals surface area contributed by atoms with Crippen molar-refractivity contribution in [2.24, 2.45) is 5.92 Å². The molecule has 1 fully saturated rings. The summed E-state index contributed by atoms with van der Waals surface area (Å²) >= 11 is 1.31. The number of rotatable bonds is 3. The average Bonchev–Trinajstić information content (AvgIpc) is 2.75. The lowest BCUT2D eigenvalue weighted by Crippen LogP contribution is -2.31. The zero-order valence-corrected chi connectivity index (χ0v) is 8.91. The lowest BCUT2D eigenvalue weighted by molar-refractivity contribution is -0.0161. The van der Waals surface area contributed by atoms with Crippen LogP contribution >= 0.6 is 11.5 Å². The molecule has 1 saturated heterocycles. The average molecular weight is 214 g/mol. The van der Waals surface area contributed by atoms with Gasteiger partial charge in [0.05, 0.1) is 17.9 Å². The number of aliphatic hydroxyl groups is 1. The van der Waals surface area contributed by atoms with Gasteiger partial charge in [0, 0.05) is 18.4 Å². The van der Waals surface area contributed by atoms with Gasteiger partial charge in [-0.3, -0.25) is 0 Å². The summed E-state index contributed by atoms with van der Waals surface area (Å²) in [5.41, 5.74) is 0.852. The van der Waals surface area contributed by atoms with Crippen LogP contribution in [-0.2, 0) is 11.2 Å². The minimum atomic E-state index is -0.448. The highest BCUT2D eigenvalue weighted by molar-refractivity contribution is 7.03. The van der Waals surface area contributed by atoms with E-state index in [9.17, 15) is 5.11 Å². The lowest BCUT2D eigenvalue weighted by atomic mass is 9.97. The maximum Gasteiger partial charge on any atom is 0.0864 e. The van der Waals surface area contributed by atoms with Gasteiger partial charge >= 0.3 is 0 Å². The maximum absolute atomic E-state index is 9.90. The van der Waals surface area contributed by atoms with E-state index in [1.54, 1.807) is 0 Å². The fourth-order valence-corrected chi connectivity index (χ4v) is 2.28. The number of aliphatic hydroxyl groups excluding tert-OH is 1. The molecule has 0 saturated carbocycles. The Morgan fingerprint density at radius 1 is 1.79 bits per heavy atom. The van der Waals surface area contributed by atoms with Crippen LogP contribution in [0.3, 0.4) is 0 Å². The van der Waals surface area contributed by atoms with Crippen molar-refractivity contribution >= 4 is 11.5 Å². The highest BCUT2D eigenvalue weighted by Crippen LogP contribution is 2.24. The van der Waals surface area contributed by atoms with Crippen molar-refractivity contribution in [2.45, 2.75) is 32.0 Å². The minimum Gasteiger partial charge on any atom is -0.390 e. The highest BCUT2D eigenvalue weighted by Gasteiger charge is 2.31. The van der Waals surface area contributed by atoms with E-state index >= 15 is 0 Å². The topological polar surface area (TPSA) is 55.2 Å². The predicted octanol–water partition coefficient (Wildman–Crippen LogP) is 0.867. The Bertz CT molecular complexity index is 278. The van der Waals surface area contributed by atoms with Crippen molar-refractivity contribution in [3.63, 3.8) is 0 Å². The van der Waals surface area contributed by atoms with Crippen molar-refractivity contribution in [3.8, 4) is 0 Å². The molecule has 1 N–H and O–H groups in total. The monoisotopic (exact) mass is 214 g/mol. The van der Waals surface area contributed by atoms with Crippen LogP contribution in [0.15, 0.2) is 5.38 Å². The fourth-order valence-electron chi connectivity index (χ4n) is 1.81. The Morgan fingerprint density at radius 3 is 3.21 bits per heavy atom. The van der Waals surface area contributed by atoms with Crippen LogP contribution in [0.2, 0.25) is 0 Å². The molecule has 14 heavy (non-hydrogen) atoms. The SMILES string of the molecule is CC1CCOC1C(O)Cc1csnn1. The molecular formula is C9H14N2O2S. The van der Waals surface area contributed by atoms with E-state index in [-0.39, 0.29) is 6.10 Å². The van der Waals surface area contributed by atoms with E-state index in [4.69, 9.17) is 4.74 Å². The molecule has 3 unspecified atom stereocenters. The number of hydrogen-bond donors (Lipinski definition) is 1. The second-order valence-electron chi connectivity index (χ2n) is 3.77. The van der Waals surface area contributed by atoms with E-state index in [0.29, 0.717) is 12.3 Å². The van der Waals surface area contributed by atoms with Gasteiger partial charge in [-0.2, -0.15) is 0 Å². The van der Waals surface area contributed by atoms with Crippen LogP contribution in [0.1, 0.15) is 19.0 Å². The first-order chi connectivity index (χ1) is 6.77. The summed E-state index contributed by atoms with van der Waals surface area (Å²) in [6.45, 7) is 2.87. The first kappa shape index (κ1) is 10.0. The van der Waals surface area contributed by atoms with Crippen molar-refractivity contribution < 1.29 is 9.84 Å². The molecule has 0 aliphatic carbocycles. The molecule has 3 atom stereocenters. The van der Waals surface area contributed by atoms with Gasteiger partial charge in [0.25, 0.3) is 0 Å². The van der Waals surface area contributed by atoms with E-state index in [0.717, 1.165) is 18.7 Å². The smallest absolute Gasteiger partial charge is 0.0864 e. The fraction of sp³-hybridized carbons (Fsp3) is 0.778. The third-order valence-electron chi connectivity index (χ3n) is 2.65. The summed E-state index contributed by atoms with van der Waals surface area (Å²) in [5, 5.41) is 15.7. The van der Waals surface area contributed by atoms with Crippen molar-refractivity contribution in [3.05, 3.63) is 11.1 Å². The second-order valence-corrected chi connectivity index (χ2v) is 4.38. The van der Waals surface area contributed by atoms with Gasteiger partial charge < -0.3 is 9.84 Å². The summed E-state index contributed by atoms with van der Waals surface area (Å²) in [6.07, 6.45) is 1.11. The molecule has 0 bridgehead atoms. The molecule has 2 heterocycles. The third-order valence-corrected chi connectivity index (χ3v) is 3.20. The molecular weight excluding hydrogens is 200 g/mol.